The van der Waals surface area contributed by atoms with Crippen LogP contribution >= 0.6 is 23.2 Å². The Morgan fingerprint density at radius 3 is 2.63 bits per heavy atom. The largest absolute Gasteiger partial charge is 0.319 e. The minimum atomic E-state index is -0.444. The number of benzene rings is 1. The zero-order valence-electron chi connectivity index (χ0n) is 9.52. The third-order valence-corrected chi connectivity index (χ3v) is 3.05. The number of aromatic nitrogens is 2. The third kappa shape index (κ3) is 3.11. The van der Waals surface area contributed by atoms with Gasteiger partial charge in [0, 0.05) is 0 Å². The summed E-state index contributed by atoms with van der Waals surface area (Å²) in [4.78, 5) is 19.7. The van der Waals surface area contributed by atoms with Crippen molar-refractivity contribution in [3.63, 3.8) is 0 Å². The van der Waals surface area contributed by atoms with Crippen molar-refractivity contribution in [1.82, 2.24) is 9.97 Å². The summed E-state index contributed by atoms with van der Waals surface area (Å²) in [5, 5.41) is 3.22. The number of nitrogens with two attached hydrogens (primary N) is 1. The molecule has 8 heteroatoms. The van der Waals surface area contributed by atoms with Crippen LogP contribution in [0, 0.1) is 0 Å². The van der Waals surface area contributed by atoms with Gasteiger partial charge in [-0.25, -0.2) is 15.8 Å². The second-order valence-corrected chi connectivity index (χ2v) is 4.27. The Labute approximate surface area is 118 Å². The van der Waals surface area contributed by atoms with E-state index in [1.165, 1.54) is 12.4 Å². The molecule has 0 spiro atoms. The van der Waals surface area contributed by atoms with E-state index >= 15 is 0 Å². The van der Waals surface area contributed by atoms with Gasteiger partial charge in [-0.05, 0) is 12.1 Å². The van der Waals surface area contributed by atoms with Crippen LogP contribution in [0.5, 0.6) is 0 Å². The molecule has 98 valence electrons. The molecular weight excluding hydrogens is 289 g/mol. The van der Waals surface area contributed by atoms with Crippen LogP contribution in [0.15, 0.2) is 30.6 Å². The number of carbonyl (C=O) groups is 1. The first-order valence-corrected chi connectivity index (χ1v) is 5.91. The average molecular weight is 298 g/mol. The Bertz CT molecular complexity index is 603. The lowest BCUT2D eigenvalue weighted by Gasteiger charge is -2.07. The molecule has 0 aliphatic heterocycles. The molecule has 1 amide bonds. The molecule has 1 aromatic heterocycles. The third-order valence-electron chi connectivity index (χ3n) is 2.23. The van der Waals surface area contributed by atoms with Gasteiger partial charge in [0.15, 0.2) is 5.82 Å². The summed E-state index contributed by atoms with van der Waals surface area (Å²) in [7, 11) is 0. The maximum atomic E-state index is 11.9. The number of anilines is 2. The Morgan fingerprint density at radius 1 is 1.21 bits per heavy atom. The van der Waals surface area contributed by atoms with Crippen LogP contribution in [0.2, 0.25) is 10.0 Å². The fourth-order valence-electron chi connectivity index (χ4n) is 1.31. The Hall–Kier alpha value is -1.89. The van der Waals surface area contributed by atoms with Crippen molar-refractivity contribution >= 4 is 40.6 Å². The van der Waals surface area contributed by atoms with Gasteiger partial charge in [-0.3, -0.25) is 4.79 Å². The maximum absolute atomic E-state index is 11.9. The number of hydrogen-bond acceptors (Lipinski definition) is 5. The van der Waals surface area contributed by atoms with Crippen molar-refractivity contribution in [2.45, 2.75) is 0 Å². The van der Waals surface area contributed by atoms with E-state index in [9.17, 15) is 4.79 Å². The van der Waals surface area contributed by atoms with Gasteiger partial charge in [0.25, 0.3) is 5.91 Å². The molecule has 6 nitrogen and oxygen atoms in total. The molecule has 2 aromatic rings. The van der Waals surface area contributed by atoms with Gasteiger partial charge in [-0.1, -0.05) is 29.3 Å². The number of carbonyl (C=O) groups excluding carboxylic acids is 1. The van der Waals surface area contributed by atoms with Crippen LogP contribution in [-0.2, 0) is 0 Å². The second kappa shape index (κ2) is 5.83. The fraction of sp³-hybridized carbons (Fsp3) is 0. The predicted octanol–water partition coefficient (Wildman–Crippen LogP) is 2.32. The van der Waals surface area contributed by atoms with E-state index in [2.05, 4.69) is 20.7 Å². The van der Waals surface area contributed by atoms with Crippen LogP contribution < -0.4 is 16.6 Å². The van der Waals surface area contributed by atoms with E-state index < -0.39 is 5.91 Å². The Morgan fingerprint density at radius 2 is 2.00 bits per heavy atom. The molecule has 4 N–H and O–H groups in total. The first-order chi connectivity index (χ1) is 9.11. The van der Waals surface area contributed by atoms with E-state index in [1.807, 2.05) is 0 Å². The zero-order chi connectivity index (χ0) is 13.8. The van der Waals surface area contributed by atoms with Crippen molar-refractivity contribution in [3.8, 4) is 0 Å². The molecule has 0 aliphatic rings. The number of hydrazine groups is 1. The molecule has 0 radical (unpaired) electrons. The van der Waals surface area contributed by atoms with Gasteiger partial charge >= 0.3 is 0 Å². The number of nitrogens with one attached hydrogen (secondary N) is 2. The number of rotatable bonds is 3. The van der Waals surface area contributed by atoms with Gasteiger partial charge in [-0.15, -0.1) is 0 Å². The van der Waals surface area contributed by atoms with Crippen LogP contribution in [-0.4, -0.2) is 15.9 Å². The quantitative estimate of drug-likeness (QED) is 0.597. The molecule has 1 aromatic carbocycles. The van der Waals surface area contributed by atoms with Gasteiger partial charge in [-0.2, -0.15) is 0 Å². The first-order valence-electron chi connectivity index (χ1n) is 5.16. The number of hydrogen-bond donors (Lipinski definition) is 3. The van der Waals surface area contributed by atoms with Crippen molar-refractivity contribution in [3.05, 3.63) is 46.3 Å². The lowest BCUT2D eigenvalue weighted by molar-refractivity contribution is 0.102. The lowest BCUT2D eigenvalue weighted by atomic mass is 10.3. The van der Waals surface area contributed by atoms with Gasteiger partial charge in [0.05, 0.1) is 28.1 Å². The molecule has 0 fully saturated rings. The summed E-state index contributed by atoms with van der Waals surface area (Å²) in [6, 6.07) is 4.94. The summed E-state index contributed by atoms with van der Waals surface area (Å²) in [5.41, 5.74) is 2.85. The normalized spacial score (nSPS) is 10.1. The van der Waals surface area contributed by atoms with Crippen molar-refractivity contribution in [2.75, 3.05) is 10.7 Å². The smallest absolute Gasteiger partial charge is 0.275 e. The van der Waals surface area contributed by atoms with Crippen LogP contribution in [0.3, 0.4) is 0 Å². The maximum Gasteiger partial charge on any atom is 0.275 e. The van der Waals surface area contributed by atoms with E-state index in [4.69, 9.17) is 29.0 Å². The highest BCUT2D eigenvalue weighted by Crippen LogP contribution is 2.29. The Balaban J connectivity index is 2.18. The van der Waals surface area contributed by atoms with E-state index in [0.29, 0.717) is 16.5 Å². The average Bonchev–Trinajstić information content (AvgIpc) is 2.44. The topological polar surface area (TPSA) is 92.9 Å². The summed E-state index contributed by atoms with van der Waals surface area (Å²) in [6.07, 6.45) is 2.64. The zero-order valence-corrected chi connectivity index (χ0v) is 11.0. The van der Waals surface area contributed by atoms with Gasteiger partial charge in [0.1, 0.15) is 5.69 Å². The standard InChI is InChI=1S/C11H9Cl2N5O/c12-6-2-1-3-7(10(6)13)17-11(19)8-4-16-9(18-14)5-15-8/h1-5H,14H2,(H,16,18)(H,17,19). The summed E-state index contributed by atoms with van der Waals surface area (Å²) in [6.45, 7) is 0. The summed E-state index contributed by atoms with van der Waals surface area (Å²) >= 11 is 11.8. The van der Waals surface area contributed by atoms with Crippen LogP contribution in [0.25, 0.3) is 0 Å². The van der Waals surface area contributed by atoms with Crippen molar-refractivity contribution < 1.29 is 4.79 Å². The molecule has 0 aliphatic carbocycles. The van der Waals surface area contributed by atoms with Gasteiger partial charge in [0.2, 0.25) is 0 Å². The highest BCUT2D eigenvalue weighted by atomic mass is 35.5. The fourth-order valence-corrected chi connectivity index (χ4v) is 1.65. The Kier molecular flexibility index (Phi) is 4.16. The van der Waals surface area contributed by atoms with Crippen LogP contribution in [0.1, 0.15) is 10.5 Å². The lowest BCUT2D eigenvalue weighted by Crippen LogP contribution is -2.15. The number of amides is 1. The number of nitrogen functional groups attached to an aromatic ring is 1. The summed E-state index contributed by atoms with van der Waals surface area (Å²) < 4.78 is 0. The molecule has 0 saturated carbocycles. The van der Waals surface area contributed by atoms with E-state index in [-0.39, 0.29) is 10.7 Å². The van der Waals surface area contributed by atoms with E-state index in [1.54, 1.807) is 18.2 Å². The minimum absolute atomic E-state index is 0.134. The highest BCUT2D eigenvalue weighted by Gasteiger charge is 2.11. The molecule has 1 heterocycles. The van der Waals surface area contributed by atoms with Gasteiger partial charge < -0.3 is 10.7 Å². The van der Waals surface area contributed by atoms with E-state index in [0.717, 1.165) is 0 Å². The molecule has 0 unspecified atom stereocenters. The minimum Gasteiger partial charge on any atom is -0.319 e. The van der Waals surface area contributed by atoms with Crippen LogP contribution in [0.4, 0.5) is 11.5 Å². The van der Waals surface area contributed by atoms with Crippen molar-refractivity contribution in [2.24, 2.45) is 5.84 Å². The monoisotopic (exact) mass is 297 g/mol. The number of halogens is 2. The molecule has 19 heavy (non-hydrogen) atoms. The second-order valence-electron chi connectivity index (χ2n) is 3.49. The number of nitrogens with zero attached hydrogens (tertiary/aromatic N) is 2. The van der Waals surface area contributed by atoms with Crippen molar-refractivity contribution in [1.29, 1.82) is 0 Å². The molecule has 2 rings (SSSR count). The molecule has 0 atom stereocenters. The molecule has 0 saturated heterocycles. The molecular formula is C11H9Cl2N5O. The molecule has 0 bridgehead atoms. The predicted molar refractivity (Wildman–Crippen MR) is 74.3 cm³/mol. The SMILES string of the molecule is NNc1cnc(C(=O)Nc2cccc(Cl)c2Cl)cn1. The summed E-state index contributed by atoms with van der Waals surface area (Å²) in [5.74, 6) is 5.07. The first kappa shape index (κ1) is 13.5. The highest BCUT2D eigenvalue weighted by molar-refractivity contribution is 6.44.